The Morgan fingerprint density at radius 1 is 0.905 bits per heavy atom. The molecule has 0 unspecified atom stereocenters. The first-order valence-electron chi connectivity index (χ1n) is 5.92. The SMILES string of the molecule is Nc1ccc(N)cc1.O=C(O)C=Cc1ccc(O)c(O)c1. The third kappa shape index (κ3) is 6.02. The number of carbonyl (C=O) groups is 1. The normalized spacial score (nSPS) is 9.90. The number of carboxylic acid groups (broad SMARTS) is 1. The van der Waals surface area contributed by atoms with E-state index in [2.05, 4.69) is 0 Å². The molecule has 0 aliphatic carbocycles. The Hall–Kier alpha value is -3.15. The second-order valence-corrected chi connectivity index (χ2v) is 4.09. The van der Waals surface area contributed by atoms with Crippen molar-refractivity contribution in [1.82, 2.24) is 0 Å². The van der Waals surface area contributed by atoms with Crippen molar-refractivity contribution in [3.63, 3.8) is 0 Å². The summed E-state index contributed by atoms with van der Waals surface area (Å²) in [5, 5.41) is 26.3. The summed E-state index contributed by atoms with van der Waals surface area (Å²) >= 11 is 0. The Balaban J connectivity index is 0.000000235. The van der Waals surface area contributed by atoms with Crippen LogP contribution in [-0.4, -0.2) is 21.3 Å². The van der Waals surface area contributed by atoms with Gasteiger partial charge in [-0.3, -0.25) is 0 Å². The molecule has 0 aliphatic heterocycles. The van der Waals surface area contributed by atoms with Gasteiger partial charge in [0.25, 0.3) is 0 Å². The molecule has 0 heterocycles. The maximum absolute atomic E-state index is 10.1. The van der Waals surface area contributed by atoms with E-state index >= 15 is 0 Å². The van der Waals surface area contributed by atoms with E-state index in [9.17, 15) is 4.79 Å². The molecular formula is C15H16N2O4. The molecule has 21 heavy (non-hydrogen) atoms. The molecule has 0 aromatic heterocycles. The number of phenolic OH excluding ortho intramolecular Hbond substituents is 2. The smallest absolute Gasteiger partial charge is 0.328 e. The van der Waals surface area contributed by atoms with Crippen LogP contribution in [0.3, 0.4) is 0 Å². The molecule has 0 atom stereocenters. The Morgan fingerprint density at radius 2 is 1.43 bits per heavy atom. The molecule has 0 aliphatic rings. The first kappa shape index (κ1) is 15.9. The molecular weight excluding hydrogens is 272 g/mol. The number of nitrogens with two attached hydrogens (primary N) is 2. The number of nitrogen functional groups attached to an aromatic ring is 2. The quantitative estimate of drug-likeness (QED) is 0.326. The molecule has 0 fully saturated rings. The highest BCUT2D eigenvalue weighted by Crippen LogP contribution is 2.25. The monoisotopic (exact) mass is 288 g/mol. The summed E-state index contributed by atoms with van der Waals surface area (Å²) in [6, 6.07) is 11.1. The lowest BCUT2D eigenvalue weighted by Crippen LogP contribution is -1.86. The molecule has 2 aromatic carbocycles. The van der Waals surface area contributed by atoms with Crippen LogP contribution in [0.1, 0.15) is 5.56 Å². The van der Waals surface area contributed by atoms with Crippen molar-refractivity contribution < 1.29 is 20.1 Å². The Kier molecular flexibility index (Phi) is 5.64. The fourth-order valence-electron chi connectivity index (χ4n) is 1.31. The number of rotatable bonds is 2. The molecule has 7 N–H and O–H groups in total. The molecule has 0 spiro atoms. The zero-order valence-corrected chi connectivity index (χ0v) is 11.1. The van der Waals surface area contributed by atoms with E-state index < -0.39 is 5.97 Å². The highest BCUT2D eigenvalue weighted by atomic mass is 16.4. The minimum Gasteiger partial charge on any atom is -0.504 e. The lowest BCUT2D eigenvalue weighted by Gasteiger charge is -1.97. The van der Waals surface area contributed by atoms with E-state index in [1.165, 1.54) is 24.3 Å². The third-order valence-corrected chi connectivity index (χ3v) is 2.35. The average molecular weight is 288 g/mol. The second-order valence-electron chi connectivity index (χ2n) is 4.09. The zero-order chi connectivity index (χ0) is 15.8. The van der Waals surface area contributed by atoms with Crippen LogP contribution in [0, 0.1) is 0 Å². The number of aromatic hydroxyl groups is 2. The first-order valence-corrected chi connectivity index (χ1v) is 5.92. The molecule has 0 bridgehead atoms. The predicted octanol–water partition coefficient (Wildman–Crippen LogP) is 2.05. The number of benzene rings is 2. The van der Waals surface area contributed by atoms with Crippen LogP contribution >= 0.6 is 0 Å². The minimum atomic E-state index is -1.06. The van der Waals surface area contributed by atoms with Gasteiger partial charge in [-0.15, -0.1) is 0 Å². The van der Waals surface area contributed by atoms with Gasteiger partial charge in [-0.2, -0.15) is 0 Å². The molecule has 2 rings (SSSR count). The fraction of sp³-hybridized carbons (Fsp3) is 0. The van der Waals surface area contributed by atoms with Crippen molar-refractivity contribution in [3.8, 4) is 11.5 Å². The Bertz CT molecular complexity index is 616. The molecule has 2 aromatic rings. The lowest BCUT2D eigenvalue weighted by molar-refractivity contribution is -0.131. The Labute approximate surface area is 121 Å². The highest BCUT2D eigenvalue weighted by Gasteiger charge is 1.97. The summed E-state index contributed by atoms with van der Waals surface area (Å²) in [7, 11) is 0. The van der Waals surface area contributed by atoms with Gasteiger partial charge in [0.05, 0.1) is 0 Å². The number of hydrogen-bond donors (Lipinski definition) is 5. The standard InChI is InChI=1S/C9H8O4.C6H8N2/c10-7-3-1-6(5-8(7)11)2-4-9(12)13;7-5-1-2-6(8)4-3-5/h1-5,10-11H,(H,12,13);1-4H,7-8H2. The average Bonchev–Trinajstić information content (AvgIpc) is 2.44. The van der Waals surface area contributed by atoms with E-state index in [0.717, 1.165) is 17.5 Å². The van der Waals surface area contributed by atoms with E-state index in [1.807, 2.05) is 0 Å². The van der Waals surface area contributed by atoms with Crippen LogP contribution in [0.15, 0.2) is 48.5 Å². The maximum atomic E-state index is 10.1. The van der Waals surface area contributed by atoms with Gasteiger partial charge in [0.1, 0.15) is 0 Å². The van der Waals surface area contributed by atoms with E-state index in [0.29, 0.717) is 5.56 Å². The van der Waals surface area contributed by atoms with Gasteiger partial charge in [0.15, 0.2) is 11.5 Å². The summed E-state index contributed by atoms with van der Waals surface area (Å²) in [6.45, 7) is 0. The highest BCUT2D eigenvalue weighted by molar-refractivity contribution is 5.85. The minimum absolute atomic E-state index is 0.229. The topological polar surface area (TPSA) is 130 Å². The first-order chi connectivity index (χ1) is 9.88. The van der Waals surface area contributed by atoms with Crippen LogP contribution in [0.2, 0.25) is 0 Å². The second kappa shape index (κ2) is 7.44. The summed E-state index contributed by atoms with van der Waals surface area (Å²) in [5.41, 5.74) is 12.8. The van der Waals surface area contributed by atoms with Crippen LogP contribution < -0.4 is 11.5 Å². The Morgan fingerprint density at radius 3 is 1.86 bits per heavy atom. The molecule has 0 radical (unpaired) electrons. The number of hydrogen-bond acceptors (Lipinski definition) is 5. The van der Waals surface area contributed by atoms with Crippen molar-refractivity contribution in [3.05, 3.63) is 54.1 Å². The van der Waals surface area contributed by atoms with Crippen molar-refractivity contribution in [2.24, 2.45) is 0 Å². The van der Waals surface area contributed by atoms with Crippen LogP contribution in [-0.2, 0) is 4.79 Å². The van der Waals surface area contributed by atoms with Gasteiger partial charge in [0.2, 0.25) is 0 Å². The van der Waals surface area contributed by atoms with Crippen molar-refractivity contribution in [1.29, 1.82) is 0 Å². The van der Waals surface area contributed by atoms with Crippen molar-refractivity contribution in [2.45, 2.75) is 0 Å². The fourth-order valence-corrected chi connectivity index (χ4v) is 1.31. The largest absolute Gasteiger partial charge is 0.504 e. The van der Waals surface area contributed by atoms with Crippen LogP contribution in [0.5, 0.6) is 11.5 Å². The van der Waals surface area contributed by atoms with Gasteiger partial charge in [-0.05, 0) is 48.0 Å². The molecule has 0 amide bonds. The van der Waals surface area contributed by atoms with Gasteiger partial charge < -0.3 is 26.8 Å². The summed E-state index contributed by atoms with van der Waals surface area (Å²) in [5.74, 6) is -1.56. The van der Waals surface area contributed by atoms with Gasteiger partial charge >= 0.3 is 5.97 Å². The number of aliphatic carboxylic acids is 1. The third-order valence-electron chi connectivity index (χ3n) is 2.35. The molecule has 0 saturated carbocycles. The van der Waals surface area contributed by atoms with Gasteiger partial charge in [0, 0.05) is 17.5 Å². The zero-order valence-electron chi connectivity index (χ0n) is 11.1. The van der Waals surface area contributed by atoms with Crippen molar-refractivity contribution in [2.75, 3.05) is 11.5 Å². The number of anilines is 2. The molecule has 110 valence electrons. The molecule has 0 saturated heterocycles. The predicted molar refractivity (Wildman–Crippen MR) is 81.7 cm³/mol. The summed E-state index contributed by atoms with van der Waals surface area (Å²) in [6.07, 6.45) is 2.27. The summed E-state index contributed by atoms with van der Waals surface area (Å²) < 4.78 is 0. The lowest BCUT2D eigenvalue weighted by atomic mass is 10.2. The molecule has 6 heteroatoms. The molecule has 6 nitrogen and oxygen atoms in total. The number of phenols is 2. The van der Waals surface area contributed by atoms with Crippen LogP contribution in [0.4, 0.5) is 11.4 Å². The van der Waals surface area contributed by atoms with Crippen LogP contribution in [0.25, 0.3) is 6.08 Å². The van der Waals surface area contributed by atoms with Gasteiger partial charge in [-0.1, -0.05) is 6.07 Å². The summed E-state index contributed by atoms with van der Waals surface area (Å²) in [4.78, 5) is 10.1. The van der Waals surface area contributed by atoms with Crippen molar-refractivity contribution >= 4 is 23.4 Å². The number of carboxylic acids is 1. The van der Waals surface area contributed by atoms with E-state index in [1.54, 1.807) is 24.3 Å². The van der Waals surface area contributed by atoms with E-state index in [-0.39, 0.29) is 11.5 Å². The van der Waals surface area contributed by atoms with Gasteiger partial charge in [-0.25, -0.2) is 4.79 Å². The maximum Gasteiger partial charge on any atom is 0.328 e. The van der Waals surface area contributed by atoms with E-state index in [4.69, 9.17) is 26.8 Å².